The smallest absolute Gasteiger partial charge is 0.212 e. The zero-order valence-corrected chi connectivity index (χ0v) is 9.78. The summed E-state index contributed by atoms with van der Waals surface area (Å²) in [7, 11) is 0.799. The van der Waals surface area contributed by atoms with E-state index in [0.717, 1.165) is 4.31 Å². The fourth-order valence-electron chi connectivity index (χ4n) is 0.596. The van der Waals surface area contributed by atoms with Crippen molar-refractivity contribution in [1.82, 2.24) is 4.31 Å². The van der Waals surface area contributed by atoms with Gasteiger partial charge in [-0.2, -0.15) is 0 Å². The molecule has 0 fully saturated rings. The number of sulfonamides is 1. The van der Waals surface area contributed by atoms with Crippen LogP contribution in [0.25, 0.3) is 0 Å². The molecule has 0 aliphatic rings. The minimum absolute atomic E-state index is 0.0202. The van der Waals surface area contributed by atoms with Crippen LogP contribution in [0.5, 0.6) is 0 Å². The summed E-state index contributed by atoms with van der Waals surface area (Å²) in [5.41, 5.74) is 0. The van der Waals surface area contributed by atoms with Gasteiger partial charge in [0.15, 0.2) is 0 Å². The van der Waals surface area contributed by atoms with Gasteiger partial charge in [0.2, 0.25) is 19.1 Å². The molecule has 0 atom stereocenters. The average Bonchev–Trinajstić information content (AvgIpc) is 1.82. The highest BCUT2D eigenvalue weighted by molar-refractivity contribution is 8.13. The first kappa shape index (κ1) is 13.2. The van der Waals surface area contributed by atoms with Gasteiger partial charge in [0.1, 0.15) is 0 Å². The summed E-state index contributed by atoms with van der Waals surface area (Å²) in [6.45, 7) is 0. The normalized spacial score (nSPS) is 13.5. The van der Waals surface area contributed by atoms with E-state index in [1.165, 1.54) is 14.1 Å². The molecule has 0 radical (unpaired) electrons. The predicted octanol–water partition coefficient (Wildman–Crippen LogP) is -0.163. The molecule has 0 aromatic rings. The maximum atomic E-state index is 11.1. The highest BCUT2D eigenvalue weighted by Gasteiger charge is 2.15. The van der Waals surface area contributed by atoms with Gasteiger partial charge in [-0.25, -0.2) is 21.1 Å². The summed E-state index contributed by atoms with van der Waals surface area (Å²) in [6, 6.07) is 0. The van der Waals surface area contributed by atoms with Crippen molar-refractivity contribution in [2.24, 2.45) is 0 Å². The molecule has 8 heteroatoms. The largest absolute Gasteiger partial charge is 0.232 e. The van der Waals surface area contributed by atoms with Crippen LogP contribution in [0.15, 0.2) is 0 Å². The Kier molecular flexibility index (Phi) is 4.64. The maximum absolute atomic E-state index is 11.1. The van der Waals surface area contributed by atoms with Crippen molar-refractivity contribution in [3.63, 3.8) is 0 Å². The third-order valence-electron chi connectivity index (χ3n) is 1.35. The molecule has 0 aromatic carbocycles. The standard InChI is InChI=1S/C5H12ClNO4S2/c1-7(2)13(10,11)5-3-4-12(6,8)9/h3-5H2,1-2H3. The van der Waals surface area contributed by atoms with Crippen molar-refractivity contribution >= 4 is 29.8 Å². The molecule has 0 amide bonds. The topological polar surface area (TPSA) is 71.5 Å². The van der Waals surface area contributed by atoms with Gasteiger partial charge in [0, 0.05) is 24.8 Å². The van der Waals surface area contributed by atoms with Gasteiger partial charge in [-0.05, 0) is 6.42 Å². The van der Waals surface area contributed by atoms with Gasteiger partial charge in [0.25, 0.3) is 0 Å². The van der Waals surface area contributed by atoms with E-state index in [9.17, 15) is 16.8 Å². The molecular weight excluding hydrogens is 238 g/mol. The Hall–Kier alpha value is 0.150. The van der Waals surface area contributed by atoms with E-state index in [0.29, 0.717) is 0 Å². The zero-order valence-electron chi connectivity index (χ0n) is 7.40. The summed E-state index contributed by atoms with van der Waals surface area (Å²) in [6.07, 6.45) is 0.0202. The molecule has 0 aliphatic carbocycles. The fourth-order valence-corrected chi connectivity index (χ4v) is 2.47. The summed E-state index contributed by atoms with van der Waals surface area (Å²) in [4.78, 5) is 0. The van der Waals surface area contributed by atoms with E-state index in [1.807, 2.05) is 0 Å². The summed E-state index contributed by atoms with van der Waals surface area (Å²) in [5, 5.41) is 0. The number of nitrogens with zero attached hydrogens (tertiary/aromatic N) is 1. The molecule has 0 spiro atoms. The minimum atomic E-state index is -3.58. The number of hydrogen-bond acceptors (Lipinski definition) is 4. The van der Waals surface area contributed by atoms with Crippen LogP contribution in [0.4, 0.5) is 0 Å². The third-order valence-corrected chi connectivity index (χ3v) is 4.50. The highest BCUT2D eigenvalue weighted by atomic mass is 35.7. The monoisotopic (exact) mass is 249 g/mol. The first-order chi connectivity index (χ1) is 5.65. The van der Waals surface area contributed by atoms with Gasteiger partial charge in [0.05, 0.1) is 11.5 Å². The van der Waals surface area contributed by atoms with E-state index in [-0.39, 0.29) is 17.9 Å². The van der Waals surface area contributed by atoms with Crippen molar-refractivity contribution in [2.75, 3.05) is 25.6 Å². The van der Waals surface area contributed by atoms with Crippen molar-refractivity contribution in [2.45, 2.75) is 6.42 Å². The summed E-state index contributed by atoms with van der Waals surface area (Å²) >= 11 is 0. The summed E-state index contributed by atoms with van der Waals surface area (Å²) < 4.78 is 44.1. The van der Waals surface area contributed by atoms with Crippen LogP contribution in [-0.4, -0.2) is 46.7 Å². The number of halogens is 1. The van der Waals surface area contributed by atoms with Crippen LogP contribution in [0, 0.1) is 0 Å². The first-order valence-electron chi connectivity index (χ1n) is 3.48. The van der Waals surface area contributed by atoms with Crippen molar-refractivity contribution < 1.29 is 16.8 Å². The van der Waals surface area contributed by atoms with Gasteiger partial charge in [-0.15, -0.1) is 0 Å². The SMILES string of the molecule is CN(C)S(=O)(=O)CCCS(=O)(=O)Cl. The Labute approximate surface area is 83.2 Å². The third kappa shape index (κ3) is 6.25. The Morgan fingerprint density at radius 2 is 1.54 bits per heavy atom. The van der Waals surface area contributed by atoms with Gasteiger partial charge >= 0.3 is 0 Å². The molecule has 0 aliphatic heterocycles. The molecule has 0 N–H and O–H groups in total. The Morgan fingerprint density at radius 1 is 1.08 bits per heavy atom. The van der Waals surface area contributed by atoms with Crippen LogP contribution in [-0.2, 0) is 19.1 Å². The number of hydrogen-bond donors (Lipinski definition) is 0. The van der Waals surface area contributed by atoms with Gasteiger partial charge < -0.3 is 0 Å². The average molecular weight is 250 g/mol. The van der Waals surface area contributed by atoms with E-state index < -0.39 is 19.1 Å². The van der Waals surface area contributed by atoms with Gasteiger partial charge in [-0.1, -0.05) is 0 Å². The van der Waals surface area contributed by atoms with Crippen LogP contribution >= 0.6 is 10.7 Å². The van der Waals surface area contributed by atoms with E-state index >= 15 is 0 Å². The lowest BCUT2D eigenvalue weighted by Crippen LogP contribution is -2.25. The lowest BCUT2D eigenvalue weighted by Gasteiger charge is -2.09. The second-order valence-electron chi connectivity index (χ2n) is 2.69. The molecule has 0 heterocycles. The molecule has 0 rings (SSSR count). The van der Waals surface area contributed by atoms with Crippen molar-refractivity contribution in [1.29, 1.82) is 0 Å². The molecule has 0 unspecified atom stereocenters. The predicted molar refractivity (Wildman–Crippen MR) is 51.7 cm³/mol. The van der Waals surface area contributed by atoms with Crippen LogP contribution in [0.1, 0.15) is 6.42 Å². The van der Waals surface area contributed by atoms with Crippen molar-refractivity contribution in [3.05, 3.63) is 0 Å². The second-order valence-corrected chi connectivity index (χ2v) is 7.89. The molecule has 0 saturated carbocycles. The molecule has 0 bridgehead atoms. The Morgan fingerprint density at radius 3 is 1.85 bits per heavy atom. The van der Waals surface area contributed by atoms with Crippen LogP contribution < -0.4 is 0 Å². The molecule has 13 heavy (non-hydrogen) atoms. The Bertz CT molecular complexity index is 345. The highest BCUT2D eigenvalue weighted by Crippen LogP contribution is 2.02. The minimum Gasteiger partial charge on any atom is -0.212 e. The summed E-state index contributed by atoms with van der Waals surface area (Å²) in [5.74, 6) is -0.520. The first-order valence-corrected chi connectivity index (χ1v) is 7.56. The molecule has 5 nitrogen and oxygen atoms in total. The number of rotatable bonds is 5. The van der Waals surface area contributed by atoms with Gasteiger partial charge in [-0.3, -0.25) is 0 Å². The molecular formula is C5H12ClNO4S2. The van der Waals surface area contributed by atoms with E-state index in [2.05, 4.69) is 0 Å². The molecule has 80 valence electrons. The van der Waals surface area contributed by atoms with Crippen molar-refractivity contribution in [3.8, 4) is 0 Å². The van der Waals surface area contributed by atoms with E-state index in [1.54, 1.807) is 0 Å². The van der Waals surface area contributed by atoms with E-state index in [4.69, 9.17) is 10.7 Å². The second kappa shape index (κ2) is 4.59. The molecule has 0 aromatic heterocycles. The quantitative estimate of drug-likeness (QED) is 0.635. The lowest BCUT2D eigenvalue weighted by molar-refractivity contribution is 0.519. The van der Waals surface area contributed by atoms with Crippen LogP contribution in [0.2, 0.25) is 0 Å². The maximum Gasteiger partial charge on any atom is 0.232 e. The zero-order chi connectivity index (χ0) is 10.7. The lowest BCUT2D eigenvalue weighted by atomic mass is 10.6. The Balaban J connectivity index is 4.07. The fraction of sp³-hybridized carbons (Fsp3) is 1.00. The molecule has 0 saturated heterocycles. The van der Waals surface area contributed by atoms with Crippen LogP contribution in [0.3, 0.4) is 0 Å².